The van der Waals surface area contributed by atoms with Gasteiger partial charge in [0.1, 0.15) is 10.6 Å². The van der Waals surface area contributed by atoms with E-state index in [4.69, 9.17) is 5.11 Å². The molecule has 7 heteroatoms. The van der Waals surface area contributed by atoms with Gasteiger partial charge in [-0.1, -0.05) is 12.8 Å². The van der Waals surface area contributed by atoms with Gasteiger partial charge in [0.25, 0.3) is 0 Å². The fourth-order valence-electron chi connectivity index (χ4n) is 2.74. The number of sulfonamides is 1. The van der Waals surface area contributed by atoms with E-state index in [2.05, 4.69) is 4.98 Å². The third kappa shape index (κ3) is 2.60. The molecule has 0 aliphatic carbocycles. The molecule has 0 radical (unpaired) electrons. The summed E-state index contributed by atoms with van der Waals surface area (Å²) >= 11 is 0. The van der Waals surface area contributed by atoms with Crippen LogP contribution in [0.1, 0.15) is 47.4 Å². The van der Waals surface area contributed by atoms with Crippen LogP contribution in [0.5, 0.6) is 0 Å². The maximum absolute atomic E-state index is 12.7. The first-order chi connectivity index (χ1) is 9.35. The van der Waals surface area contributed by atoms with Gasteiger partial charge in [0.05, 0.1) is 0 Å². The van der Waals surface area contributed by atoms with E-state index in [1.54, 1.807) is 6.92 Å². The average Bonchev–Trinajstić information content (AvgIpc) is 2.58. The number of rotatable bonds is 3. The van der Waals surface area contributed by atoms with E-state index in [0.717, 1.165) is 25.7 Å². The van der Waals surface area contributed by atoms with E-state index < -0.39 is 16.0 Å². The first-order valence-corrected chi connectivity index (χ1v) is 8.22. The van der Waals surface area contributed by atoms with Gasteiger partial charge in [-0.2, -0.15) is 4.31 Å². The number of carboxylic acid groups (broad SMARTS) is 1. The van der Waals surface area contributed by atoms with E-state index in [0.29, 0.717) is 24.3 Å². The Morgan fingerprint density at radius 1 is 1.15 bits per heavy atom. The van der Waals surface area contributed by atoms with Crippen LogP contribution in [-0.2, 0) is 10.0 Å². The summed E-state index contributed by atoms with van der Waals surface area (Å²) in [6.07, 6.45) is 3.79. The van der Waals surface area contributed by atoms with Crippen molar-refractivity contribution < 1.29 is 18.3 Å². The van der Waals surface area contributed by atoms with Crippen LogP contribution in [-0.4, -0.2) is 41.9 Å². The summed E-state index contributed by atoms with van der Waals surface area (Å²) in [6.45, 7) is 4.16. The molecule has 1 aromatic heterocycles. The summed E-state index contributed by atoms with van der Waals surface area (Å²) in [5.41, 5.74) is 0.638. The fourth-order valence-corrected chi connectivity index (χ4v) is 4.67. The van der Waals surface area contributed by atoms with Gasteiger partial charge < -0.3 is 10.1 Å². The summed E-state index contributed by atoms with van der Waals surface area (Å²) in [4.78, 5) is 13.9. The third-order valence-corrected chi connectivity index (χ3v) is 5.92. The molecule has 2 heterocycles. The minimum atomic E-state index is -3.62. The van der Waals surface area contributed by atoms with E-state index in [1.807, 2.05) is 0 Å². The van der Waals surface area contributed by atoms with Crippen molar-refractivity contribution in [2.45, 2.75) is 44.4 Å². The molecule has 0 spiro atoms. The van der Waals surface area contributed by atoms with Crippen molar-refractivity contribution in [2.75, 3.05) is 13.1 Å². The molecule has 0 atom stereocenters. The molecular formula is C13H20N2O4S. The molecule has 6 nitrogen and oxygen atoms in total. The Bertz CT molecular complexity index is 611. The normalized spacial score (nSPS) is 17.9. The Labute approximate surface area is 118 Å². The highest BCUT2D eigenvalue weighted by molar-refractivity contribution is 7.89. The van der Waals surface area contributed by atoms with E-state index >= 15 is 0 Å². The number of aromatic carboxylic acids is 1. The number of H-pyrrole nitrogens is 1. The molecule has 2 rings (SSSR count). The summed E-state index contributed by atoms with van der Waals surface area (Å²) in [5, 5.41) is 9.08. The molecule has 0 unspecified atom stereocenters. The smallest absolute Gasteiger partial charge is 0.352 e. The molecule has 1 aromatic rings. The van der Waals surface area contributed by atoms with Crippen LogP contribution >= 0.6 is 0 Å². The molecule has 0 saturated carbocycles. The lowest BCUT2D eigenvalue weighted by atomic mass is 10.2. The van der Waals surface area contributed by atoms with Crippen LogP contribution < -0.4 is 0 Å². The minimum Gasteiger partial charge on any atom is -0.477 e. The topological polar surface area (TPSA) is 90.5 Å². The summed E-state index contributed by atoms with van der Waals surface area (Å²) < 4.78 is 26.9. The maximum Gasteiger partial charge on any atom is 0.352 e. The van der Waals surface area contributed by atoms with Crippen LogP contribution in [0.25, 0.3) is 0 Å². The van der Waals surface area contributed by atoms with Gasteiger partial charge in [0, 0.05) is 24.3 Å². The number of carbonyl (C=O) groups is 1. The highest BCUT2D eigenvalue weighted by Gasteiger charge is 2.31. The van der Waals surface area contributed by atoms with Gasteiger partial charge in [-0.15, -0.1) is 0 Å². The second kappa shape index (κ2) is 5.57. The Hall–Kier alpha value is -1.34. The SMILES string of the molecule is Cc1[nH]c(C(=O)O)c(C)c1S(=O)(=O)N1CCCCCC1. The lowest BCUT2D eigenvalue weighted by Crippen LogP contribution is -2.32. The van der Waals surface area contributed by atoms with Crippen LogP contribution in [0.3, 0.4) is 0 Å². The number of nitrogens with zero attached hydrogens (tertiary/aromatic N) is 1. The number of aromatic nitrogens is 1. The molecule has 1 saturated heterocycles. The lowest BCUT2D eigenvalue weighted by molar-refractivity contribution is 0.0690. The molecule has 1 aliphatic rings. The van der Waals surface area contributed by atoms with Crippen molar-refractivity contribution in [3.63, 3.8) is 0 Å². The van der Waals surface area contributed by atoms with Crippen molar-refractivity contribution in [1.82, 2.24) is 9.29 Å². The van der Waals surface area contributed by atoms with Crippen LogP contribution in [0.4, 0.5) is 0 Å². The lowest BCUT2D eigenvalue weighted by Gasteiger charge is -2.20. The van der Waals surface area contributed by atoms with Gasteiger partial charge in [-0.3, -0.25) is 0 Å². The third-order valence-electron chi connectivity index (χ3n) is 3.75. The zero-order valence-corrected chi connectivity index (χ0v) is 12.6. The second-order valence-electron chi connectivity index (χ2n) is 5.20. The molecule has 0 aromatic carbocycles. The van der Waals surface area contributed by atoms with E-state index in [1.165, 1.54) is 11.2 Å². The average molecular weight is 300 g/mol. The molecular weight excluding hydrogens is 280 g/mol. The number of hydrogen-bond donors (Lipinski definition) is 2. The molecule has 2 N–H and O–H groups in total. The van der Waals surface area contributed by atoms with Crippen molar-refractivity contribution in [3.8, 4) is 0 Å². The Morgan fingerprint density at radius 3 is 2.15 bits per heavy atom. The zero-order valence-electron chi connectivity index (χ0n) is 11.8. The predicted octanol–water partition coefficient (Wildman–Crippen LogP) is 1.89. The fraction of sp³-hybridized carbons (Fsp3) is 0.615. The van der Waals surface area contributed by atoms with Gasteiger partial charge in [0.2, 0.25) is 10.0 Å². The highest BCUT2D eigenvalue weighted by Crippen LogP contribution is 2.28. The standard InChI is InChI=1S/C13H20N2O4S/c1-9-11(13(16)17)14-10(2)12(9)20(18,19)15-7-5-3-4-6-8-15/h14H,3-8H2,1-2H3,(H,16,17). The van der Waals surface area contributed by atoms with Gasteiger partial charge in [-0.05, 0) is 26.7 Å². The van der Waals surface area contributed by atoms with Crippen molar-refractivity contribution in [2.24, 2.45) is 0 Å². The van der Waals surface area contributed by atoms with Gasteiger partial charge in [-0.25, -0.2) is 13.2 Å². The molecule has 20 heavy (non-hydrogen) atoms. The first kappa shape index (κ1) is 15.1. The number of carboxylic acids is 1. The Balaban J connectivity index is 2.46. The summed E-state index contributed by atoms with van der Waals surface area (Å²) in [7, 11) is -3.62. The van der Waals surface area contributed by atoms with E-state index in [9.17, 15) is 13.2 Å². The Kier molecular flexibility index (Phi) is 4.19. The zero-order chi connectivity index (χ0) is 14.9. The molecule has 0 bridgehead atoms. The monoisotopic (exact) mass is 300 g/mol. The first-order valence-electron chi connectivity index (χ1n) is 6.78. The second-order valence-corrected chi connectivity index (χ2v) is 7.08. The van der Waals surface area contributed by atoms with E-state index in [-0.39, 0.29) is 10.6 Å². The van der Waals surface area contributed by atoms with Crippen LogP contribution in [0, 0.1) is 13.8 Å². The molecule has 0 amide bonds. The van der Waals surface area contributed by atoms with Crippen molar-refractivity contribution in [1.29, 1.82) is 0 Å². The van der Waals surface area contributed by atoms with Crippen LogP contribution in [0.2, 0.25) is 0 Å². The van der Waals surface area contributed by atoms with Crippen molar-refractivity contribution >= 4 is 16.0 Å². The number of nitrogens with one attached hydrogen (secondary N) is 1. The number of aromatic amines is 1. The predicted molar refractivity (Wildman–Crippen MR) is 74.5 cm³/mol. The summed E-state index contributed by atoms with van der Waals surface area (Å²) in [5.74, 6) is -1.14. The highest BCUT2D eigenvalue weighted by atomic mass is 32.2. The van der Waals surface area contributed by atoms with Crippen molar-refractivity contribution in [3.05, 3.63) is 17.0 Å². The molecule has 1 fully saturated rings. The van der Waals surface area contributed by atoms with Gasteiger partial charge in [0.15, 0.2) is 0 Å². The van der Waals surface area contributed by atoms with Gasteiger partial charge >= 0.3 is 5.97 Å². The number of hydrogen-bond acceptors (Lipinski definition) is 3. The molecule has 112 valence electrons. The number of aryl methyl sites for hydroxylation is 1. The quantitative estimate of drug-likeness (QED) is 0.892. The largest absolute Gasteiger partial charge is 0.477 e. The minimum absolute atomic E-state index is 0.0455. The Morgan fingerprint density at radius 2 is 1.70 bits per heavy atom. The van der Waals surface area contributed by atoms with Crippen LogP contribution in [0.15, 0.2) is 4.90 Å². The maximum atomic E-state index is 12.7. The molecule has 1 aliphatic heterocycles. The summed E-state index contributed by atoms with van der Waals surface area (Å²) in [6, 6.07) is 0.